The molecule has 0 aliphatic rings. The molecule has 17 heavy (non-hydrogen) atoms. The Balaban J connectivity index is 2.17. The van der Waals surface area contributed by atoms with Gasteiger partial charge in [-0.2, -0.15) is 4.39 Å². The normalized spacial score (nSPS) is 10.2. The quantitative estimate of drug-likeness (QED) is 0.886. The highest BCUT2D eigenvalue weighted by molar-refractivity contribution is 5.36. The lowest BCUT2D eigenvalue weighted by Crippen LogP contribution is -1.99. The first-order valence-corrected chi connectivity index (χ1v) is 5.02. The van der Waals surface area contributed by atoms with Gasteiger partial charge in [0.1, 0.15) is 6.61 Å². The molecule has 0 aliphatic heterocycles. The van der Waals surface area contributed by atoms with Crippen LogP contribution in [0.2, 0.25) is 0 Å². The largest absolute Gasteiger partial charge is 0.505 e. The van der Waals surface area contributed by atoms with Gasteiger partial charge in [0.05, 0.1) is 0 Å². The molecule has 2 aromatic rings. The topological polar surface area (TPSA) is 29.5 Å². The molecule has 2 aromatic carbocycles. The van der Waals surface area contributed by atoms with Gasteiger partial charge in [-0.25, -0.2) is 4.39 Å². The second kappa shape index (κ2) is 4.82. The van der Waals surface area contributed by atoms with Crippen molar-refractivity contribution in [2.75, 3.05) is 0 Å². The van der Waals surface area contributed by atoms with Crippen LogP contribution in [-0.4, -0.2) is 5.11 Å². The van der Waals surface area contributed by atoms with E-state index in [-0.39, 0.29) is 6.61 Å². The Morgan fingerprint density at radius 2 is 1.71 bits per heavy atom. The zero-order valence-electron chi connectivity index (χ0n) is 8.86. The number of hydrogen-bond donors (Lipinski definition) is 1. The minimum Gasteiger partial charge on any atom is -0.505 e. The van der Waals surface area contributed by atoms with Crippen LogP contribution >= 0.6 is 0 Å². The van der Waals surface area contributed by atoms with Crippen LogP contribution in [0.15, 0.2) is 42.5 Å². The van der Waals surface area contributed by atoms with E-state index in [0.29, 0.717) is 0 Å². The van der Waals surface area contributed by atoms with Gasteiger partial charge in [-0.1, -0.05) is 30.3 Å². The first kappa shape index (κ1) is 11.4. The summed E-state index contributed by atoms with van der Waals surface area (Å²) in [5, 5.41) is 9.10. The monoisotopic (exact) mass is 236 g/mol. The third-order valence-corrected chi connectivity index (χ3v) is 2.25. The summed E-state index contributed by atoms with van der Waals surface area (Å²) < 4.78 is 31.6. The van der Waals surface area contributed by atoms with Crippen molar-refractivity contribution < 1.29 is 18.6 Å². The Labute approximate surface area is 97.1 Å². The van der Waals surface area contributed by atoms with E-state index < -0.39 is 23.1 Å². The molecule has 4 heteroatoms. The fourth-order valence-electron chi connectivity index (χ4n) is 1.38. The predicted octanol–water partition coefficient (Wildman–Crippen LogP) is 3.25. The summed E-state index contributed by atoms with van der Waals surface area (Å²) in [6, 6.07) is 10.9. The molecule has 0 fully saturated rings. The molecule has 2 rings (SSSR count). The molecule has 2 nitrogen and oxygen atoms in total. The molecule has 0 saturated heterocycles. The summed E-state index contributed by atoms with van der Waals surface area (Å²) in [6.07, 6.45) is 0. The lowest BCUT2D eigenvalue weighted by molar-refractivity contribution is 0.268. The first-order valence-electron chi connectivity index (χ1n) is 5.02. The number of benzene rings is 2. The average molecular weight is 236 g/mol. The van der Waals surface area contributed by atoms with E-state index in [9.17, 15) is 8.78 Å². The van der Waals surface area contributed by atoms with Crippen molar-refractivity contribution in [2.24, 2.45) is 0 Å². The summed E-state index contributed by atoms with van der Waals surface area (Å²) in [6.45, 7) is 0.0398. The smallest absolute Gasteiger partial charge is 0.209 e. The van der Waals surface area contributed by atoms with Crippen LogP contribution in [0.25, 0.3) is 0 Å². The van der Waals surface area contributed by atoms with Crippen molar-refractivity contribution in [1.29, 1.82) is 0 Å². The fraction of sp³-hybridized carbons (Fsp3) is 0.0769. The summed E-state index contributed by atoms with van der Waals surface area (Å²) in [5.41, 5.74) is 0.787. The van der Waals surface area contributed by atoms with Gasteiger partial charge in [-0.05, 0) is 17.7 Å². The van der Waals surface area contributed by atoms with Gasteiger partial charge in [-0.3, -0.25) is 0 Å². The fourth-order valence-corrected chi connectivity index (χ4v) is 1.38. The lowest BCUT2D eigenvalue weighted by atomic mass is 10.2. The van der Waals surface area contributed by atoms with Crippen LogP contribution in [0.5, 0.6) is 11.5 Å². The summed E-state index contributed by atoms with van der Waals surface area (Å²) in [4.78, 5) is 0. The van der Waals surface area contributed by atoms with Gasteiger partial charge in [-0.15, -0.1) is 0 Å². The van der Waals surface area contributed by atoms with Crippen molar-refractivity contribution in [2.45, 2.75) is 6.61 Å². The van der Waals surface area contributed by atoms with E-state index in [1.54, 1.807) is 24.3 Å². The minimum absolute atomic E-state index is 0.0398. The Morgan fingerprint density at radius 3 is 2.41 bits per heavy atom. The standard InChI is InChI=1S/C13H10F2O2/c14-10-6-7-11(16)12(15)13(10)17-8-9-4-2-1-3-5-9/h1-7,16H,8H2. The molecule has 0 heterocycles. The summed E-state index contributed by atoms with van der Waals surface area (Å²) in [7, 11) is 0. The lowest BCUT2D eigenvalue weighted by Gasteiger charge is -2.08. The van der Waals surface area contributed by atoms with Gasteiger partial charge in [0.2, 0.25) is 5.82 Å². The SMILES string of the molecule is Oc1ccc(F)c(OCc2ccccc2)c1F. The van der Waals surface area contributed by atoms with Crippen molar-refractivity contribution in [3.63, 3.8) is 0 Å². The van der Waals surface area contributed by atoms with Crippen molar-refractivity contribution >= 4 is 0 Å². The number of phenols is 1. The third kappa shape index (κ3) is 2.53. The molecule has 0 unspecified atom stereocenters. The zero-order chi connectivity index (χ0) is 12.3. The number of halogens is 2. The van der Waals surface area contributed by atoms with Gasteiger partial charge in [0.15, 0.2) is 17.3 Å². The van der Waals surface area contributed by atoms with Crippen LogP contribution in [0.1, 0.15) is 5.56 Å². The highest BCUT2D eigenvalue weighted by Gasteiger charge is 2.14. The van der Waals surface area contributed by atoms with E-state index in [2.05, 4.69) is 0 Å². The Kier molecular flexibility index (Phi) is 3.23. The van der Waals surface area contributed by atoms with Gasteiger partial charge < -0.3 is 9.84 Å². The zero-order valence-corrected chi connectivity index (χ0v) is 8.86. The number of phenolic OH excluding ortho intramolecular Hbond substituents is 1. The molecule has 0 spiro atoms. The van der Waals surface area contributed by atoms with E-state index in [4.69, 9.17) is 9.84 Å². The number of aromatic hydroxyl groups is 1. The molecule has 0 atom stereocenters. The van der Waals surface area contributed by atoms with E-state index in [0.717, 1.165) is 17.7 Å². The maximum Gasteiger partial charge on any atom is 0.209 e. The molecule has 0 amide bonds. The molecule has 0 aromatic heterocycles. The molecule has 0 aliphatic carbocycles. The molecule has 0 bridgehead atoms. The minimum atomic E-state index is -1.08. The van der Waals surface area contributed by atoms with Gasteiger partial charge in [0, 0.05) is 0 Å². The number of rotatable bonds is 3. The van der Waals surface area contributed by atoms with Crippen molar-refractivity contribution in [1.82, 2.24) is 0 Å². The maximum atomic E-state index is 13.4. The molecule has 1 N–H and O–H groups in total. The second-order valence-corrected chi connectivity index (χ2v) is 3.48. The van der Waals surface area contributed by atoms with Crippen LogP contribution in [-0.2, 0) is 6.61 Å². The Hall–Kier alpha value is -2.10. The van der Waals surface area contributed by atoms with E-state index in [1.165, 1.54) is 0 Å². The maximum absolute atomic E-state index is 13.4. The Morgan fingerprint density at radius 1 is 1.00 bits per heavy atom. The highest BCUT2D eigenvalue weighted by atomic mass is 19.1. The average Bonchev–Trinajstić information content (AvgIpc) is 2.35. The first-order chi connectivity index (χ1) is 8.18. The predicted molar refractivity (Wildman–Crippen MR) is 58.8 cm³/mol. The number of hydrogen-bond acceptors (Lipinski definition) is 2. The third-order valence-electron chi connectivity index (χ3n) is 2.25. The highest BCUT2D eigenvalue weighted by Crippen LogP contribution is 2.29. The molecule has 0 saturated carbocycles. The molecule has 88 valence electrons. The van der Waals surface area contributed by atoms with E-state index >= 15 is 0 Å². The van der Waals surface area contributed by atoms with Gasteiger partial charge >= 0.3 is 0 Å². The number of ether oxygens (including phenoxy) is 1. The molecule has 0 radical (unpaired) electrons. The molecular weight excluding hydrogens is 226 g/mol. The van der Waals surface area contributed by atoms with E-state index in [1.807, 2.05) is 6.07 Å². The molecular formula is C13H10F2O2. The van der Waals surface area contributed by atoms with Crippen molar-refractivity contribution in [3.8, 4) is 11.5 Å². The van der Waals surface area contributed by atoms with Crippen LogP contribution in [0.4, 0.5) is 8.78 Å². The van der Waals surface area contributed by atoms with Crippen molar-refractivity contribution in [3.05, 3.63) is 59.7 Å². The Bertz CT molecular complexity index is 512. The van der Waals surface area contributed by atoms with Crippen LogP contribution in [0, 0.1) is 11.6 Å². The van der Waals surface area contributed by atoms with Crippen LogP contribution < -0.4 is 4.74 Å². The second-order valence-electron chi connectivity index (χ2n) is 3.48. The van der Waals surface area contributed by atoms with Gasteiger partial charge in [0.25, 0.3) is 0 Å². The summed E-state index contributed by atoms with van der Waals surface area (Å²) >= 11 is 0. The summed E-state index contributed by atoms with van der Waals surface area (Å²) in [5.74, 6) is -3.11. The van der Waals surface area contributed by atoms with Crippen LogP contribution in [0.3, 0.4) is 0 Å².